The van der Waals surface area contributed by atoms with Gasteiger partial charge in [0.1, 0.15) is 18.7 Å². The smallest absolute Gasteiger partial charge is 0.408 e. The van der Waals surface area contributed by atoms with Crippen molar-refractivity contribution in [2.45, 2.75) is 71.6 Å². The Labute approximate surface area is 167 Å². The second-order valence-electron chi connectivity index (χ2n) is 7.24. The van der Waals surface area contributed by atoms with Crippen molar-refractivity contribution >= 4 is 17.9 Å². The van der Waals surface area contributed by atoms with E-state index in [1.807, 2.05) is 44.2 Å². The first kappa shape index (κ1) is 23.5. The summed E-state index contributed by atoms with van der Waals surface area (Å²) in [5.41, 5.74) is 6.27. The van der Waals surface area contributed by atoms with Crippen LogP contribution < -0.4 is 16.4 Å². The molecule has 0 spiro atoms. The number of carbonyl (C=O) groups is 3. The number of nitrogens with one attached hydrogen (secondary N) is 2. The highest BCUT2D eigenvalue weighted by molar-refractivity contribution is 5.90. The van der Waals surface area contributed by atoms with Gasteiger partial charge in [-0.05, 0) is 17.9 Å². The second kappa shape index (κ2) is 12.8. The van der Waals surface area contributed by atoms with Crippen molar-refractivity contribution in [3.8, 4) is 0 Å². The molecule has 0 aliphatic rings. The number of unbranched alkanes of at least 4 members (excludes halogenated alkanes) is 3. The number of alkyl carbamates (subject to hydrolysis) is 1. The minimum atomic E-state index is -0.819. The third-order valence-corrected chi connectivity index (χ3v) is 4.44. The van der Waals surface area contributed by atoms with Crippen LogP contribution in [0.2, 0.25) is 0 Å². The molecule has 1 aromatic carbocycles. The first-order chi connectivity index (χ1) is 13.3. The summed E-state index contributed by atoms with van der Waals surface area (Å²) in [6.07, 6.45) is 3.75. The number of primary amides is 1. The van der Waals surface area contributed by atoms with Crippen LogP contribution in [-0.4, -0.2) is 30.0 Å². The summed E-state index contributed by atoms with van der Waals surface area (Å²) in [6, 6.07) is 7.71. The van der Waals surface area contributed by atoms with Gasteiger partial charge in [0.25, 0.3) is 0 Å². The van der Waals surface area contributed by atoms with E-state index >= 15 is 0 Å². The lowest BCUT2D eigenvalue weighted by Crippen LogP contribution is -2.54. The number of ether oxygens (including phenoxy) is 1. The zero-order valence-corrected chi connectivity index (χ0v) is 17.1. The number of benzene rings is 1. The fourth-order valence-corrected chi connectivity index (χ4v) is 2.75. The zero-order valence-electron chi connectivity index (χ0n) is 17.1. The third-order valence-electron chi connectivity index (χ3n) is 4.44. The van der Waals surface area contributed by atoms with Gasteiger partial charge in [-0.1, -0.05) is 76.8 Å². The second-order valence-corrected chi connectivity index (χ2v) is 7.24. The van der Waals surface area contributed by atoms with E-state index in [0.717, 1.165) is 31.2 Å². The van der Waals surface area contributed by atoms with E-state index in [1.54, 1.807) is 0 Å². The molecule has 1 aromatic rings. The minimum absolute atomic E-state index is 0.112. The summed E-state index contributed by atoms with van der Waals surface area (Å²) < 4.78 is 5.18. The van der Waals surface area contributed by atoms with Gasteiger partial charge in [0.15, 0.2) is 0 Å². The van der Waals surface area contributed by atoms with Crippen LogP contribution in [0.5, 0.6) is 0 Å². The van der Waals surface area contributed by atoms with Gasteiger partial charge in [-0.25, -0.2) is 4.79 Å². The molecular weight excluding hydrogens is 358 g/mol. The molecule has 0 aliphatic carbocycles. The topological polar surface area (TPSA) is 111 Å². The Morgan fingerprint density at radius 3 is 2.29 bits per heavy atom. The minimum Gasteiger partial charge on any atom is -0.445 e. The Balaban J connectivity index is 2.58. The molecule has 0 saturated carbocycles. The molecule has 28 heavy (non-hydrogen) atoms. The van der Waals surface area contributed by atoms with Gasteiger partial charge in [0.2, 0.25) is 11.8 Å². The van der Waals surface area contributed by atoms with Gasteiger partial charge < -0.3 is 21.1 Å². The van der Waals surface area contributed by atoms with E-state index in [9.17, 15) is 14.4 Å². The molecule has 0 aliphatic heterocycles. The molecule has 1 rings (SSSR count). The lowest BCUT2D eigenvalue weighted by molar-refractivity contribution is -0.129. The van der Waals surface area contributed by atoms with Crippen molar-refractivity contribution in [1.29, 1.82) is 0 Å². The van der Waals surface area contributed by atoms with Gasteiger partial charge in [0, 0.05) is 0 Å². The highest BCUT2D eigenvalue weighted by atomic mass is 16.5. The molecule has 2 atom stereocenters. The maximum absolute atomic E-state index is 12.6. The Morgan fingerprint density at radius 1 is 1.04 bits per heavy atom. The first-order valence-corrected chi connectivity index (χ1v) is 9.92. The average molecular weight is 392 g/mol. The predicted molar refractivity (Wildman–Crippen MR) is 108 cm³/mol. The van der Waals surface area contributed by atoms with Gasteiger partial charge in [0.05, 0.1) is 0 Å². The van der Waals surface area contributed by atoms with Gasteiger partial charge >= 0.3 is 6.09 Å². The summed E-state index contributed by atoms with van der Waals surface area (Å²) in [5, 5.41) is 5.25. The SMILES string of the molecule is CCCCCC[C@H](NC(=O)[C@H](NC(=O)OCc1ccccc1)C(C)C)C(N)=O. The number of rotatable bonds is 12. The highest BCUT2D eigenvalue weighted by Crippen LogP contribution is 2.08. The van der Waals surface area contributed by atoms with Crippen LogP contribution in [0.25, 0.3) is 0 Å². The van der Waals surface area contributed by atoms with Crippen molar-refractivity contribution in [2.75, 3.05) is 0 Å². The average Bonchev–Trinajstić information content (AvgIpc) is 2.67. The van der Waals surface area contributed by atoms with Gasteiger partial charge in [-0.15, -0.1) is 0 Å². The molecule has 0 heterocycles. The lowest BCUT2D eigenvalue weighted by atomic mass is 10.0. The number of hydrogen-bond acceptors (Lipinski definition) is 4. The summed E-state index contributed by atoms with van der Waals surface area (Å²) >= 11 is 0. The quantitative estimate of drug-likeness (QED) is 0.476. The standard InChI is InChI=1S/C21H33N3O4/c1-4-5-6-10-13-17(19(22)25)23-20(26)18(15(2)3)24-21(27)28-14-16-11-8-7-9-12-16/h7-9,11-12,15,17-18H,4-6,10,13-14H2,1-3H3,(H2,22,25)(H,23,26)(H,24,27)/t17-,18+/m0/s1. The molecule has 0 saturated heterocycles. The monoisotopic (exact) mass is 391 g/mol. The fraction of sp³-hybridized carbons (Fsp3) is 0.571. The van der Waals surface area contributed by atoms with Crippen LogP contribution in [0, 0.1) is 5.92 Å². The van der Waals surface area contributed by atoms with Crippen LogP contribution >= 0.6 is 0 Å². The van der Waals surface area contributed by atoms with Crippen LogP contribution in [-0.2, 0) is 20.9 Å². The zero-order chi connectivity index (χ0) is 20.9. The third kappa shape index (κ3) is 8.88. The number of nitrogens with two attached hydrogens (primary N) is 1. The molecule has 4 N–H and O–H groups in total. The maximum atomic E-state index is 12.6. The molecule has 3 amide bonds. The summed E-state index contributed by atoms with van der Waals surface area (Å²) in [7, 11) is 0. The predicted octanol–water partition coefficient (Wildman–Crippen LogP) is 2.88. The highest BCUT2D eigenvalue weighted by Gasteiger charge is 2.28. The molecule has 156 valence electrons. The van der Waals surface area contributed by atoms with Crippen LogP contribution in [0.4, 0.5) is 4.79 Å². The van der Waals surface area contributed by atoms with E-state index in [4.69, 9.17) is 10.5 Å². The Morgan fingerprint density at radius 2 is 1.71 bits per heavy atom. The summed E-state index contributed by atoms with van der Waals surface area (Å²) in [4.78, 5) is 36.4. The Kier molecular flexibility index (Phi) is 10.7. The van der Waals surface area contributed by atoms with Crippen molar-refractivity contribution in [1.82, 2.24) is 10.6 Å². The van der Waals surface area contributed by atoms with E-state index < -0.39 is 30.0 Å². The van der Waals surface area contributed by atoms with Gasteiger partial charge in [-0.3, -0.25) is 9.59 Å². The van der Waals surface area contributed by atoms with Crippen molar-refractivity contribution in [2.24, 2.45) is 11.7 Å². The molecule has 0 aromatic heterocycles. The largest absolute Gasteiger partial charge is 0.445 e. The van der Waals surface area contributed by atoms with E-state index in [2.05, 4.69) is 17.6 Å². The van der Waals surface area contributed by atoms with Crippen molar-refractivity contribution in [3.63, 3.8) is 0 Å². The first-order valence-electron chi connectivity index (χ1n) is 9.92. The van der Waals surface area contributed by atoms with Crippen LogP contribution in [0.3, 0.4) is 0 Å². The van der Waals surface area contributed by atoms with Crippen LogP contribution in [0.15, 0.2) is 30.3 Å². The maximum Gasteiger partial charge on any atom is 0.408 e. The normalized spacial score (nSPS) is 12.9. The number of carbonyl (C=O) groups excluding carboxylic acids is 3. The number of amides is 3. The van der Waals surface area contributed by atoms with E-state index in [-0.39, 0.29) is 12.5 Å². The lowest BCUT2D eigenvalue weighted by Gasteiger charge is -2.24. The van der Waals surface area contributed by atoms with Crippen molar-refractivity contribution < 1.29 is 19.1 Å². The molecule has 7 nitrogen and oxygen atoms in total. The summed E-state index contributed by atoms with van der Waals surface area (Å²) in [6.45, 7) is 5.83. The Bertz CT molecular complexity index is 619. The fourth-order valence-electron chi connectivity index (χ4n) is 2.75. The van der Waals surface area contributed by atoms with E-state index in [0.29, 0.717) is 6.42 Å². The molecule has 0 fully saturated rings. The van der Waals surface area contributed by atoms with Crippen LogP contribution in [0.1, 0.15) is 58.4 Å². The van der Waals surface area contributed by atoms with Crippen molar-refractivity contribution in [3.05, 3.63) is 35.9 Å². The molecule has 0 unspecified atom stereocenters. The molecule has 0 radical (unpaired) electrons. The van der Waals surface area contributed by atoms with Gasteiger partial charge in [-0.2, -0.15) is 0 Å². The number of hydrogen-bond donors (Lipinski definition) is 3. The molecule has 7 heteroatoms. The molecular formula is C21H33N3O4. The summed E-state index contributed by atoms with van der Waals surface area (Å²) in [5.74, 6) is -1.19. The Hall–Kier alpha value is -2.57. The molecule has 0 bridgehead atoms. The van der Waals surface area contributed by atoms with E-state index in [1.165, 1.54) is 0 Å².